The summed E-state index contributed by atoms with van der Waals surface area (Å²) in [6.07, 6.45) is 0. The maximum absolute atomic E-state index is 12.9. The lowest BCUT2D eigenvalue weighted by Crippen LogP contribution is -2.37. The molecule has 0 aliphatic carbocycles. The van der Waals surface area contributed by atoms with Crippen molar-refractivity contribution in [1.82, 2.24) is 5.32 Å². The quantitative estimate of drug-likeness (QED) is 0.846. The molecule has 0 atom stereocenters. The van der Waals surface area contributed by atoms with Gasteiger partial charge in [-0.05, 0) is 38.5 Å². The number of nitrogens with one attached hydrogen (secondary N) is 1. The van der Waals surface area contributed by atoms with Crippen LogP contribution in [0.5, 0.6) is 0 Å². The highest BCUT2D eigenvalue weighted by molar-refractivity contribution is 6.30. The fraction of sp³-hybridized carbons (Fsp3) is 0.538. The first-order chi connectivity index (χ1) is 7.94. The molecule has 1 aromatic rings. The molecule has 1 N–H and O–H groups in total. The molecule has 0 bridgehead atoms. The van der Waals surface area contributed by atoms with Gasteiger partial charge in [0, 0.05) is 19.7 Å². The molecule has 2 nitrogen and oxygen atoms in total. The van der Waals surface area contributed by atoms with Crippen LogP contribution in [0.1, 0.15) is 26.3 Å². The molecule has 1 rings (SSSR count). The third kappa shape index (κ3) is 5.02. The molecule has 0 aromatic heterocycles. The Hall–Kier alpha value is -0.640. The van der Waals surface area contributed by atoms with Crippen molar-refractivity contribution in [3.63, 3.8) is 0 Å². The van der Waals surface area contributed by atoms with Crippen LogP contribution in [0, 0.1) is 5.82 Å². The van der Waals surface area contributed by atoms with Gasteiger partial charge >= 0.3 is 0 Å². The van der Waals surface area contributed by atoms with E-state index in [-0.39, 0.29) is 16.4 Å². The highest BCUT2D eigenvalue weighted by Crippen LogP contribution is 2.16. The number of hydrogen-bond acceptors (Lipinski definition) is 2. The lowest BCUT2D eigenvalue weighted by atomic mass is 10.1. The molecule has 0 unspecified atom stereocenters. The summed E-state index contributed by atoms with van der Waals surface area (Å²) < 4.78 is 18.5. The Bertz CT molecular complexity index is 368. The van der Waals surface area contributed by atoms with E-state index in [0.29, 0.717) is 13.2 Å². The second kappa shape index (κ2) is 6.34. The predicted molar refractivity (Wildman–Crippen MR) is 68.8 cm³/mol. The monoisotopic (exact) mass is 259 g/mol. The maximum atomic E-state index is 12.9. The summed E-state index contributed by atoms with van der Waals surface area (Å²) >= 11 is 5.70. The molecule has 4 heteroatoms. The molecule has 1 aromatic carbocycles. The first kappa shape index (κ1) is 14.4. The SMILES string of the molecule is CCOC(C)(C)CNCc1ccc(F)c(Cl)c1. The van der Waals surface area contributed by atoms with Crippen LogP contribution in [0.4, 0.5) is 4.39 Å². The fourth-order valence-corrected chi connectivity index (χ4v) is 1.80. The van der Waals surface area contributed by atoms with Crippen molar-refractivity contribution in [3.8, 4) is 0 Å². The molecule has 0 fully saturated rings. The Morgan fingerprint density at radius 1 is 1.41 bits per heavy atom. The number of hydrogen-bond donors (Lipinski definition) is 1. The topological polar surface area (TPSA) is 21.3 Å². The standard InChI is InChI=1S/C13H19ClFNO/c1-4-17-13(2,3)9-16-8-10-5-6-12(15)11(14)7-10/h5-7,16H,4,8-9H2,1-3H3. The van der Waals surface area contributed by atoms with Gasteiger partial charge in [-0.15, -0.1) is 0 Å². The van der Waals surface area contributed by atoms with Crippen molar-refractivity contribution < 1.29 is 9.13 Å². The minimum Gasteiger partial charge on any atom is -0.375 e. The molecule has 0 saturated heterocycles. The van der Waals surface area contributed by atoms with Gasteiger partial charge in [0.2, 0.25) is 0 Å². The van der Waals surface area contributed by atoms with Crippen LogP contribution >= 0.6 is 11.6 Å². The van der Waals surface area contributed by atoms with E-state index in [1.807, 2.05) is 20.8 Å². The summed E-state index contributed by atoms with van der Waals surface area (Å²) in [4.78, 5) is 0. The Balaban J connectivity index is 2.43. The largest absolute Gasteiger partial charge is 0.375 e. The van der Waals surface area contributed by atoms with E-state index in [9.17, 15) is 4.39 Å². The van der Waals surface area contributed by atoms with E-state index in [1.54, 1.807) is 12.1 Å². The molecule has 17 heavy (non-hydrogen) atoms. The molecule has 96 valence electrons. The summed E-state index contributed by atoms with van der Waals surface area (Å²) in [5, 5.41) is 3.43. The second-order valence-corrected chi connectivity index (χ2v) is 4.95. The molecule has 0 radical (unpaired) electrons. The number of rotatable bonds is 6. The molecular formula is C13H19ClFNO. The molecule has 0 aliphatic heterocycles. The smallest absolute Gasteiger partial charge is 0.141 e. The van der Waals surface area contributed by atoms with Gasteiger partial charge in [-0.1, -0.05) is 17.7 Å². The summed E-state index contributed by atoms with van der Waals surface area (Å²) in [7, 11) is 0. The van der Waals surface area contributed by atoms with E-state index >= 15 is 0 Å². The van der Waals surface area contributed by atoms with Gasteiger partial charge in [0.05, 0.1) is 10.6 Å². The zero-order valence-corrected chi connectivity index (χ0v) is 11.3. The fourth-order valence-electron chi connectivity index (χ4n) is 1.60. The molecule has 0 aliphatic rings. The third-order valence-electron chi connectivity index (χ3n) is 2.40. The van der Waals surface area contributed by atoms with Crippen molar-refractivity contribution in [1.29, 1.82) is 0 Å². The van der Waals surface area contributed by atoms with Crippen LogP contribution in [-0.4, -0.2) is 18.8 Å². The lowest BCUT2D eigenvalue weighted by Gasteiger charge is -2.25. The highest BCUT2D eigenvalue weighted by atomic mass is 35.5. The van der Waals surface area contributed by atoms with Crippen LogP contribution in [-0.2, 0) is 11.3 Å². The van der Waals surface area contributed by atoms with Gasteiger partial charge < -0.3 is 10.1 Å². The summed E-state index contributed by atoms with van der Waals surface area (Å²) in [6, 6.07) is 4.74. The maximum Gasteiger partial charge on any atom is 0.141 e. The van der Waals surface area contributed by atoms with Crippen LogP contribution in [0.25, 0.3) is 0 Å². The van der Waals surface area contributed by atoms with Gasteiger partial charge in [-0.25, -0.2) is 4.39 Å². The number of benzene rings is 1. The highest BCUT2D eigenvalue weighted by Gasteiger charge is 2.16. The first-order valence-corrected chi connectivity index (χ1v) is 6.11. The Morgan fingerprint density at radius 3 is 2.71 bits per heavy atom. The average Bonchev–Trinajstić information content (AvgIpc) is 2.23. The molecule has 0 amide bonds. The van der Waals surface area contributed by atoms with Gasteiger partial charge in [0.25, 0.3) is 0 Å². The Labute approximate surface area is 107 Å². The molecule has 0 saturated carbocycles. The normalized spacial score (nSPS) is 11.8. The van der Waals surface area contributed by atoms with Crippen molar-refractivity contribution >= 4 is 11.6 Å². The summed E-state index contributed by atoms with van der Waals surface area (Å²) in [5.41, 5.74) is 0.766. The first-order valence-electron chi connectivity index (χ1n) is 5.73. The van der Waals surface area contributed by atoms with Crippen LogP contribution < -0.4 is 5.32 Å². The van der Waals surface area contributed by atoms with Gasteiger partial charge in [-0.3, -0.25) is 0 Å². The summed E-state index contributed by atoms with van der Waals surface area (Å²) in [5.74, 6) is -0.384. The van der Waals surface area contributed by atoms with Gasteiger partial charge in [-0.2, -0.15) is 0 Å². The minimum atomic E-state index is -0.384. The predicted octanol–water partition coefficient (Wildman–Crippen LogP) is 3.38. The van der Waals surface area contributed by atoms with Crippen molar-refractivity contribution in [3.05, 3.63) is 34.6 Å². The van der Waals surface area contributed by atoms with E-state index in [4.69, 9.17) is 16.3 Å². The van der Waals surface area contributed by atoms with E-state index in [2.05, 4.69) is 5.32 Å². The molecule has 0 heterocycles. The third-order valence-corrected chi connectivity index (χ3v) is 2.69. The van der Waals surface area contributed by atoms with Gasteiger partial charge in [0.1, 0.15) is 5.82 Å². The van der Waals surface area contributed by atoms with Crippen LogP contribution in [0.15, 0.2) is 18.2 Å². The number of halogens is 2. The molecule has 0 spiro atoms. The zero-order valence-electron chi connectivity index (χ0n) is 10.5. The van der Waals surface area contributed by atoms with Crippen LogP contribution in [0.2, 0.25) is 5.02 Å². The van der Waals surface area contributed by atoms with Crippen LogP contribution in [0.3, 0.4) is 0 Å². The Kier molecular flexibility index (Phi) is 5.37. The minimum absolute atomic E-state index is 0.161. The van der Waals surface area contributed by atoms with Crippen molar-refractivity contribution in [2.24, 2.45) is 0 Å². The van der Waals surface area contributed by atoms with E-state index < -0.39 is 0 Å². The number of ether oxygens (including phenoxy) is 1. The average molecular weight is 260 g/mol. The zero-order chi connectivity index (χ0) is 12.9. The van der Waals surface area contributed by atoms with E-state index in [1.165, 1.54) is 6.07 Å². The van der Waals surface area contributed by atoms with E-state index in [0.717, 1.165) is 12.1 Å². The van der Waals surface area contributed by atoms with Gasteiger partial charge in [0.15, 0.2) is 0 Å². The lowest BCUT2D eigenvalue weighted by molar-refractivity contribution is -0.00897. The second-order valence-electron chi connectivity index (χ2n) is 4.54. The van der Waals surface area contributed by atoms with Crippen molar-refractivity contribution in [2.75, 3.05) is 13.2 Å². The Morgan fingerprint density at radius 2 is 2.12 bits per heavy atom. The summed E-state index contributed by atoms with van der Waals surface area (Å²) in [6.45, 7) is 8.10. The molecular weight excluding hydrogens is 241 g/mol. The van der Waals surface area contributed by atoms with Crippen molar-refractivity contribution in [2.45, 2.75) is 32.9 Å².